The summed E-state index contributed by atoms with van der Waals surface area (Å²) in [7, 11) is 0. The second kappa shape index (κ2) is 11.2. The highest BCUT2D eigenvalue weighted by Crippen LogP contribution is 2.21. The van der Waals surface area contributed by atoms with Crippen LogP contribution in [0.1, 0.15) is 11.1 Å². The van der Waals surface area contributed by atoms with Gasteiger partial charge in [-0.15, -0.1) is 0 Å². The molecule has 0 aliphatic heterocycles. The van der Waals surface area contributed by atoms with Crippen molar-refractivity contribution in [3.8, 4) is 5.75 Å². The fourth-order valence-corrected chi connectivity index (χ4v) is 2.31. The number of aryl methyl sites for hydroxylation is 1. The maximum absolute atomic E-state index is 9.10. The molecule has 0 saturated heterocycles. The van der Waals surface area contributed by atoms with E-state index in [-0.39, 0.29) is 0 Å². The first-order chi connectivity index (χ1) is 11.9. The van der Waals surface area contributed by atoms with Crippen LogP contribution in [-0.4, -0.2) is 35.3 Å². The van der Waals surface area contributed by atoms with Crippen molar-refractivity contribution in [2.75, 3.05) is 13.2 Å². The quantitative estimate of drug-likeness (QED) is 0.501. The van der Waals surface area contributed by atoms with Crippen molar-refractivity contribution in [3.05, 3.63) is 64.1 Å². The molecule has 0 aliphatic carbocycles. The molecule has 0 saturated carbocycles. The van der Waals surface area contributed by atoms with Gasteiger partial charge < -0.3 is 20.3 Å². The van der Waals surface area contributed by atoms with Crippen LogP contribution < -0.4 is 10.1 Å². The Hall–Kier alpha value is -2.38. The van der Waals surface area contributed by atoms with Gasteiger partial charge in [-0.1, -0.05) is 46.3 Å². The van der Waals surface area contributed by atoms with E-state index in [1.54, 1.807) is 0 Å². The average Bonchev–Trinajstić information content (AvgIpc) is 2.58. The van der Waals surface area contributed by atoms with E-state index < -0.39 is 11.9 Å². The zero-order valence-electron chi connectivity index (χ0n) is 13.7. The monoisotopic (exact) mass is 409 g/mol. The van der Waals surface area contributed by atoms with Crippen LogP contribution in [0.2, 0.25) is 0 Å². The van der Waals surface area contributed by atoms with Gasteiger partial charge in [-0.2, -0.15) is 0 Å². The number of aliphatic carboxylic acids is 2. The fourth-order valence-electron chi connectivity index (χ4n) is 1.84. The molecule has 0 aliphatic rings. The highest BCUT2D eigenvalue weighted by Gasteiger charge is 2.04. The fraction of sp³-hybridized carbons (Fsp3) is 0.222. The molecule has 7 heteroatoms. The van der Waals surface area contributed by atoms with Crippen LogP contribution in [0.5, 0.6) is 5.75 Å². The molecular weight excluding hydrogens is 390 g/mol. The second-order valence-corrected chi connectivity index (χ2v) is 5.95. The number of nitrogens with one attached hydrogen (secondary N) is 1. The number of hydrogen-bond acceptors (Lipinski definition) is 4. The Morgan fingerprint density at radius 2 is 1.72 bits per heavy atom. The van der Waals surface area contributed by atoms with Gasteiger partial charge in [0.15, 0.2) is 0 Å². The van der Waals surface area contributed by atoms with Crippen molar-refractivity contribution in [1.82, 2.24) is 5.32 Å². The molecule has 2 aromatic rings. The first-order valence-electron chi connectivity index (χ1n) is 7.50. The molecule has 0 unspecified atom stereocenters. The Bertz CT molecular complexity index is 679. The molecule has 0 atom stereocenters. The van der Waals surface area contributed by atoms with Gasteiger partial charge in [0.25, 0.3) is 0 Å². The second-order valence-electron chi connectivity index (χ2n) is 5.03. The number of ether oxygens (including phenoxy) is 1. The normalized spacial score (nSPS) is 9.68. The van der Waals surface area contributed by atoms with Crippen molar-refractivity contribution in [2.24, 2.45) is 0 Å². The minimum Gasteiger partial charge on any atom is -0.492 e. The van der Waals surface area contributed by atoms with Crippen molar-refractivity contribution in [1.29, 1.82) is 0 Å². The lowest BCUT2D eigenvalue weighted by Gasteiger charge is -2.10. The van der Waals surface area contributed by atoms with E-state index >= 15 is 0 Å². The summed E-state index contributed by atoms with van der Waals surface area (Å²) in [6, 6.07) is 16.4. The Kier molecular flexibility index (Phi) is 9.28. The third kappa shape index (κ3) is 8.88. The third-order valence-corrected chi connectivity index (χ3v) is 3.52. The molecule has 25 heavy (non-hydrogen) atoms. The summed E-state index contributed by atoms with van der Waals surface area (Å²) in [5.41, 5.74) is 2.44. The first-order valence-corrected chi connectivity index (χ1v) is 8.29. The van der Waals surface area contributed by atoms with Crippen LogP contribution in [0.25, 0.3) is 0 Å². The summed E-state index contributed by atoms with van der Waals surface area (Å²) in [6.07, 6.45) is 0. The largest absolute Gasteiger partial charge is 0.492 e. The summed E-state index contributed by atoms with van der Waals surface area (Å²) < 4.78 is 6.83. The summed E-state index contributed by atoms with van der Waals surface area (Å²) >= 11 is 3.45. The van der Waals surface area contributed by atoms with Gasteiger partial charge in [0.2, 0.25) is 0 Å². The molecule has 0 fully saturated rings. The lowest BCUT2D eigenvalue weighted by molar-refractivity contribution is -0.159. The van der Waals surface area contributed by atoms with E-state index in [0.29, 0.717) is 6.61 Å². The van der Waals surface area contributed by atoms with Crippen LogP contribution in [0.15, 0.2) is 53.0 Å². The van der Waals surface area contributed by atoms with E-state index in [9.17, 15) is 0 Å². The van der Waals surface area contributed by atoms with E-state index in [1.165, 1.54) is 5.56 Å². The zero-order chi connectivity index (χ0) is 18.7. The van der Waals surface area contributed by atoms with Crippen molar-refractivity contribution < 1.29 is 24.5 Å². The van der Waals surface area contributed by atoms with E-state index in [1.807, 2.05) is 18.2 Å². The Morgan fingerprint density at radius 3 is 2.28 bits per heavy atom. The Balaban J connectivity index is 0.000000450. The Labute approximate surface area is 154 Å². The topological polar surface area (TPSA) is 95.9 Å². The van der Waals surface area contributed by atoms with Gasteiger partial charge in [0.1, 0.15) is 12.4 Å². The molecule has 3 N–H and O–H groups in total. The van der Waals surface area contributed by atoms with Crippen LogP contribution in [0, 0.1) is 6.92 Å². The summed E-state index contributed by atoms with van der Waals surface area (Å²) in [4.78, 5) is 18.2. The van der Waals surface area contributed by atoms with Crippen molar-refractivity contribution >= 4 is 27.9 Å². The number of benzene rings is 2. The lowest BCUT2D eigenvalue weighted by atomic mass is 10.2. The van der Waals surface area contributed by atoms with Crippen LogP contribution in [0.4, 0.5) is 0 Å². The highest BCUT2D eigenvalue weighted by molar-refractivity contribution is 9.10. The summed E-state index contributed by atoms with van der Waals surface area (Å²) in [5.74, 6) is -2.70. The molecule has 0 bridgehead atoms. The predicted molar refractivity (Wildman–Crippen MR) is 97.8 cm³/mol. The van der Waals surface area contributed by atoms with Gasteiger partial charge in [-0.3, -0.25) is 0 Å². The molecule has 0 amide bonds. The van der Waals surface area contributed by atoms with Gasteiger partial charge in [0, 0.05) is 17.6 Å². The molecule has 0 spiro atoms. The van der Waals surface area contributed by atoms with Gasteiger partial charge in [-0.05, 0) is 36.2 Å². The maximum Gasteiger partial charge on any atom is 0.414 e. The third-order valence-electron chi connectivity index (χ3n) is 3.03. The molecule has 0 heterocycles. The number of halogens is 1. The van der Waals surface area contributed by atoms with Gasteiger partial charge >= 0.3 is 11.9 Å². The molecular formula is C18H20BrNO5. The summed E-state index contributed by atoms with van der Waals surface area (Å²) in [6.45, 7) is 4.45. The molecule has 6 nitrogen and oxygen atoms in total. The van der Waals surface area contributed by atoms with E-state index in [0.717, 1.165) is 28.9 Å². The van der Waals surface area contributed by atoms with E-state index in [2.05, 4.69) is 58.5 Å². The number of carboxylic acids is 2. The molecule has 0 radical (unpaired) electrons. The molecule has 2 aromatic carbocycles. The number of carboxylic acid groups (broad SMARTS) is 2. The maximum atomic E-state index is 9.10. The molecule has 0 aromatic heterocycles. The minimum atomic E-state index is -1.82. The van der Waals surface area contributed by atoms with E-state index in [4.69, 9.17) is 24.5 Å². The zero-order valence-corrected chi connectivity index (χ0v) is 15.3. The minimum absolute atomic E-state index is 0.676. The standard InChI is InChI=1S/C16H18BrNO.C2H2O4/c1-13-11-15(17)7-8-16(13)19-10-9-18-12-14-5-3-2-4-6-14;3-1(4)2(5)6/h2-8,11,18H,9-10,12H2,1H3;(H,3,4)(H,5,6). The smallest absolute Gasteiger partial charge is 0.414 e. The summed E-state index contributed by atoms with van der Waals surface area (Å²) in [5, 5.41) is 18.2. The Morgan fingerprint density at radius 1 is 1.08 bits per heavy atom. The number of hydrogen-bond donors (Lipinski definition) is 3. The van der Waals surface area contributed by atoms with Crippen molar-refractivity contribution in [3.63, 3.8) is 0 Å². The SMILES string of the molecule is Cc1cc(Br)ccc1OCCNCc1ccccc1.O=C(O)C(=O)O. The first kappa shape index (κ1) is 20.7. The number of rotatable bonds is 6. The molecule has 134 valence electrons. The highest BCUT2D eigenvalue weighted by atomic mass is 79.9. The van der Waals surface area contributed by atoms with Crippen molar-refractivity contribution in [2.45, 2.75) is 13.5 Å². The molecule has 2 rings (SSSR count). The number of carbonyl (C=O) groups is 2. The lowest BCUT2D eigenvalue weighted by Crippen LogP contribution is -2.20. The van der Waals surface area contributed by atoms with Crippen LogP contribution >= 0.6 is 15.9 Å². The average molecular weight is 410 g/mol. The van der Waals surface area contributed by atoms with Gasteiger partial charge in [-0.25, -0.2) is 9.59 Å². The van der Waals surface area contributed by atoms with Crippen LogP contribution in [0.3, 0.4) is 0 Å². The van der Waals surface area contributed by atoms with Crippen LogP contribution in [-0.2, 0) is 16.1 Å². The van der Waals surface area contributed by atoms with Gasteiger partial charge in [0.05, 0.1) is 0 Å². The predicted octanol–water partition coefficient (Wildman–Crippen LogP) is 3.08.